The second-order valence-electron chi connectivity index (χ2n) is 10.5. The molecule has 214 valence electrons. The molecular weight excluding hydrogens is 510 g/mol. The number of aryl methyl sites for hydroxylation is 2. The van der Waals surface area contributed by atoms with Crippen molar-refractivity contribution < 1.29 is 23.5 Å². The first-order valence-corrected chi connectivity index (χ1v) is 14.0. The molecule has 0 heterocycles. The Balaban J connectivity index is 2.08. The summed E-state index contributed by atoms with van der Waals surface area (Å²) in [5, 5.41) is 14.8. The van der Waals surface area contributed by atoms with E-state index >= 15 is 0 Å². The van der Waals surface area contributed by atoms with E-state index in [1.54, 1.807) is 19.1 Å². The number of Topliss-reactive ketones (excluding diaryl/α,β-unsaturated/α-hetero) is 1. The van der Waals surface area contributed by atoms with Gasteiger partial charge in [0.25, 0.3) is 0 Å². The first-order chi connectivity index (χ1) is 19.1. The van der Waals surface area contributed by atoms with Crippen molar-refractivity contribution in [2.24, 2.45) is 11.7 Å². The van der Waals surface area contributed by atoms with E-state index in [0.717, 1.165) is 18.1 Å². The number of aliphatic hydroxyl groups excluding tert-OH is 1. The molecule has 3 aromatic carbocycles. The van der Waals surface area contributed by atoms with E-state index in [1.165, 1.54) is 17.7 Å². The minimum absolute atomic E-state index is 0.00458. The monoisotopic (exact) mass is 550 g/mol. The van der Waals surface area contributed by atoms with Crippen LogP contribution < -0.4 is 11.1 Å². The van der Waals surface area contributed by atoms with Crippen LogP contribution in [0, 0.1) is 24.5 Å². The standard InChI is InChI=1S/C33H40F2N2O3/c1-5-21-9-8-10-22(13-21)18-37-19-30(38)27(16-23-14-25(34)17-26(35)15-23)31-28(32(39)24(6-2)7-3)11-20(4)12-29(31)33(36)40/h8-15,17,24,27,30,37-38H,5-7,16,18-19H2,1-4H3,(H2,36,40)/t27-,30+/m1/s1. The Kier molecular flexibility index (Phi) is 11.1. The molecule has 3 aromatic rings. The fourth-order valence-electron chi connectivity index (χ4n) is 5.36. The smallest absolute Gasteiger partial charge is 0.249 e. The second kappa shape index (κ2) is 14.3. The van der Waals surface area contributed by atoms with Crippen LogP contribution in [0.25, 0.3) is 0 Å². The number of amides is 1. The highest BCUT2D eigenvalue weighted by Gasteiger charge is 2.32. The van der Waals surface area contributed by atoms with Crippen LogP contribution in [0.2, 0.25) is 0 Å². The Bertz CT molecular complexity index is 1320. The number of rotatable bonds is 14. The van der Waals surface area contributed by atoms with Gasteiger partial charge in [0.2, 0.25) is 5.91 Å². The highest BCUT2D eigenvalue weighted by atomic mass is 19.1. The highest BCUT2D eigenvalue weighted by Crippen LogP contribution is 2.34. The Morgan fingerprint density at radius 3 is 2.12 bits per heavy atom. The number of ketones is 1. The van der Waals surface area contributed by atoms with Crippen LogP contribution in [0.15, 0.2) is 54.6 Å². The van der Waals surface area contributed by atoms with Gasteiger partial charge in [-0.05, 0) is 84.7 Å². The molecule has 4 N–H and O–H groups in total. The maximum atomic E-state index is 14.2. The largest absolute Gasteiger partial charge is 0.391 e. The van der Waals surface area contributed by atoms with Crippen LogP contribution in [0.4, 0.5) is 8.78 Å². The summed E-state index contributed by atoms with van der Waals surface area (Å²) < 4.78 is 28.3. The predicted octanol–water partition coefficient (Wildman–Crippen LogP) is 6.03. The molecule has 40 heavy (non-hydrogen) atoms. The van der Waals surface area contributed by atoms with Gasteiger partial charge in [-0.15, -0.1) is 0 Å². The number of benzene rings is 3. The van der Waals surface area contributed by atoms with Gasteiger partial charge in [0.1, 0.15) is 11.6 Å². The number of carbonyl (C=O) groups excluding carboxylic acids is 2. The minimum Gasteiger partial charge on any atom is -0.391 e. The number of carbonyl (C=O) groups is 2. The van der Waals surface area contributed by atoms with Crippen molar-refractivity contribution in [1.82, 2.24) is 5.32 Å². The van der Waals surface area contributed by atoms with Crippen molar-refractivity contribution in [3.63, 3.8) is 0 Å². The number of halogens is 2. The molecular formula is C33H40F2N2O3. The maximum absolute atomic E-state index is 14.2. The van der Waals surface area contributed by atoms with Gasteiger partial charge in [-0.1, -0.05) is 45.0 Å². The SMILES string of the molecule is CCc1cccc(CNC[C@H](O)[C@@H](Cc2cc(F)cc(F)c2)c2c(C(N)=O)cc(C)cc2C(=O)C(CC)CC)c1. The van der Waals surface area contributed by atoms with Crippen LogP contribution in [0.3, 0.4) is 0 Å². The Hall–Kier alpha value is -3.42. The van der Waals surface area contributed by atoms with E-state index in [0.29, 0.717) is 41.6 Å². The summed E-state index contributed by atoms with van der Waals surface area (Å²) in [6.07, 6.45) is 1.01. The van der Waals surface area contributed by atoms with E-state index in [2.05, 4.69) is 18.3 Å². The zero-order valence-corrected chi connectivity index (χ0v) is 23.8. The topological polar surface area (TPSA) is 92.4 Å². The average Bonchev–Trinajstić information content (AvgIpc) is 2.91. The molecule has 0 radical (unpaired) electrons. The number of nitrogens with one attached hydrogen (secondary N) is 1. The summed E-state index contributed by atoms with van der Waals surface area (Å²) in [5.74, 6) is -3.49. The van der Waals surface area contributed by atoms with Crippen molar-refractivity contribution in [2.75, 3.05) is 6.54 Å². The Morgan fingerprint density at radius 1 is 0.900 bits per heavy atom. The quantitative estimate of drug-likeness (QED) is 0.214. The molecule has 0 spiro atoms. The third kappa shape index (κ3) is 7.83. The third-order valence-corrected chi connectivity index (χ3v) is 7.51. The fourth-order valence-corrected chi connectivity index (χ4v) is 5.36. The Morgan fingerprint density at radius 2 is 1.52 bits per heavy atom. The van der Waals surface area contributed by atoms with Gasteiger partial charge in [-0.2, -0.15) is 0 Å². The average molecular weight is 551 g/mol. The molecule has 0 fully saturated rings. The summed E-state index contributed by atoms with van der Waals surface area (Å²) in [5.41, 5.74) is 9.81. The minimum atomic E-state index is -1.10. The lowest BCUT2D eigenvalue weighted by Gasteiger charge is -2.29. The van der Waals surface area contributed by atoms with Crippen molar-refractivity contribution in [3.8, 4) is 0 Å². The van der Waals surface area contributed by atoms with E-state index in [4.69, 9.17) is 5.73 Å². The molecule has 3 rings (SSSR count). The number of primary amides is 1. The first-order valence-electron chi connectivity index (χ1n) is 14.0. The number of hydrogen-bond donors (Lipinski definition) is 3. The van der Waals surface area contributed by atoms with Crippen LogP contribution in [-0.2, 0) is 19.4 Å². The highest BCUT2D eigenvalue weighted by molar-refractivity contribution is 6.04. The third-order valence-electron chi connectivity index (χ3n) is 7.51. The first kappa shape index (κ1) is 31.1. The maximum Gasteiger partial charge on any atom is 0.249 e. The molecule has 0 aromatic heterocycles. The van der Waals surface area contributed by atoms with E-state index in [9.17, 15) is 23.5 Å². The van der Waals surface area contributed by atoms with Gasteiger partial charge < -0.3 is 16.2 Å². The second-order valence-corrected chi connectivity index (χ2v) is 10.5. The molecule has 0 bridgehead atoms. The summed E-state index contributed by atoms with van der Waals surface area (Å²) >= 11 is 0. The van der Waals surface area contributed by atoms with Gasteiger partial charge in [-0.3, -0.25) is 9.59 Å². The molecule has 0 aliphatic heterocycles. The zero-order chi connectivity index (χ0) is 29.4. The molecule has 2 atom stereocenters. The molecule has 0 unspecified atom stereocenters. The Labute approximate surface area is 235 Å². The molecule has 7 heteroatoms. The van der Waals surface area contributed by atoms with Crippen LogP contribution in [0.5, 0.6) is 0 Å². The summed E-state index contributed by atoms with van der Waals surface area (Å²) in [4.78, 5) is 26.4. The molecule has 0 aliphatic carbocycles. The van der Waals surface area contributed by atoms with Crippen LogP contribution in [0.1, 0.15) is 88.1 Å². The van der Waals surface area contributed by atoms with E-state index in [1.807, 2.05) is 32.0 Å². The number of aliphatic hydroxyl groups is 1. The van der Waals surface area contributed by atoms with Crippen molar-refractivity contribution in [3.05, 3.63) is 105 Å². The molecule has 0 saturated carbocycles. The van der Waals surface area contributed by atoms with Gasteiger partial charge in [0.15, 0.2) is 5.78 Å². The molecule has 0 aliphatic rings. The van der Waals surface area contributed by atoms with Crippen molar-refractivity contribution >= 4 is 11.7 Å². The van der Waals surface area contributed by atoms with Crippen LogP contribution >= 0.6 is 0 Å². The van der Waals surface area contributed by atoms with E-state index in [-0.39, 0.29) is 30.2 Å². The summed E-state index contributed by atoms with van der Waals surface area (Å²) in [6, 6.07) is 14.6. The summed E-state index contributed by atoms with van der Waals surface area (Å²) in [6.45, 7) is 8.31. The lowest BCUT2D eigenvalue weighted by Crippen LogP contribution is -2.35. The van der Waals surface area contributed by atoms with Crippen molar-refractivity contribution in [2.45, 2.75) is 71.9 Å². The summed E-state index contributed by atoms with van der Waals surface area (Å²) in [7, 11) is 0. The lowest BCUT2D eigenvalue weighted by atomic mass is 9.78. The normalized spacial score (nSPS) is 12.9. The molecule has 0 saturated heterocycles. The molecule has 1 amide bonds. The van der Waals surface area contributed by atoms with Crippen LogP contribution in [-0.4, -0.2) is 29.4 Å². The van der Waals surface area contributed by atoms with Crippen molar-refractivity contribution in [1.29, 1.82) is 0 Å². The number of nitrogens with two attached hydrogens (primary N) is 1. The number of hydrogen-bond acceptors (Lipinski definition) is 4. The predicted molar refractivity (Wildman–Crippen MR) is 154 cm³/mol. The van der Waals surface area contributed by atoms with Gasteiger partial charge in [0.05, 0.1) is 6.10 Å². The van der Waals surface area contributed by atoms with E-state index < -0.39 is 29.6 Å². The van der Waals surface area contributed by atoms with Gasteiger partial charge in [-0.25, -0.2) is 8.78 Å². The molecule has 5 nitrogen and oxygen atoms in total. The van der Waals surface area contributed by atoms with Gasteiger partial charge >= 0.3 is 0 Å². The van der Waals surface area contributed by atoms with Gasteiger partial charge in [0, 0.05) is 42.1 Å². The zero-order valence-electron chi connectivity index (χ0n) is 23.8. The lowest BCUT2D eigenvalue weighted by molar-refractivity contribution is 0.0908. The fraction of sp³-hybridized carbons (Fsp3) is 0.394.